The molecule has 3 aromatic rings. The Balaban J connectivity index is 1.66. The molecular formula is C21H18N4O6. The number of amides is 1. The van der Waals surface area contributed by atoms with E-state index in [1.165, 1.54) is 33.8 Å². The SMILES string of the molecule is Cc1cc(=O)c(C(=O)N(C)Cc2ccc3c(c2)OCO3)nn1-c1ccccc1[N+](=O)[O-]. The summed E-state index contributed by atoms with van der Waals surface area (Å²) in [6.07, 6.45) is 0. The Morgan fingerprint density at radius 2 is 1.94 bits per heavy atom. The highest BCUT2D eigenvalue weighted by atomic mass is 16.7. The maximum Gasteiger partial charge on any atom is 0.294 e. The van der Waals surface area contributed by atoms with Gasteiger partial charge in [-0.2, -0.15) is 5.10 Å². The fourth-order valence-corrected chi connectivity index (χ4v) is 3.30. The van der Waals surface area contributed by atoms with Crippen molar-refractivity contribution >= 4 is 11.6 Å². The van der Waals surface area contributed by atoms with E-state index in [0.29, 0.717) is 17.2 Å². The van der Waals surface area contributed by atoms with E-state index in [9.17, 15) is 19.7 Å². The van der Waals surface area contributed by atoms with Gasteiger partial charge in [0.15, 0.2) is 17.2 Å². The molecule has 31 heavy (non-hydrogen) atoms. The van der Waals surface area contributed by atoms with Crippen molar-refractivity contribution in [3.8, 4) is 17.2 Å². The van der Waals surface area contributed by atoms with E-state index in [1.807, 2.05) is 0 Å². The molecule has 4 rings (SSSR count). The number of hydrogen-bond acceptors (Lipinski definition) is 7. The first-order valence-electron chi connectivity index (χ1n) is 9.34. The molecule has 0 saturated heterocycles. The average Bonchev–Trinajstić information content (AvgIpc) is 3.21. The van der Waals surface area contributed by atoms with E-state index in [0.717, 1.165) is 5.56 Å². The number of aryl methyl sites for hydroxylation is 1. The van der Waals surface area contributed by atoms with Crippen LogP contribution in [0.25, 0.3) is 5.69 Å². The number of carbonyl (C=O) groups is 1. The number of fused-ring (bicyclic) bond motifs is 1. The van der Waals surface area contributed by atoms with Gasteiger partial charge in [-0.05, 0) is 30.7 Å². The number of para-hydroxylation sites is 2. The summed E-state index contributed by atoms with van der Waals surface area (Å²) in [5, 5.41) is 15.6. The van der Waals surface area contributed by atoms with Crippen LogP contribution in [-0.4, -0.2) is 39.4 Å². The average molecular weight is 422 g/mol. The molecule has 10 nitrogen and oxygen atoms in total. The van der Waals surface area contributed by atoms with Gasteiger partial charge in [-0.1, -0.05) is 18.2 Å². The summed E-state index contributed by atoms with van der Waals surface area (Å²) >= 11 is 0. The minimum Gasteiger partial charge on any atom is -0.454 e. The monoisotopic (exact) mass is 422 g/mol. The zero-order valence-electron chi connectivity index (χ0n) is 16.8. The van der Waals surface area contributed by atoms with Gasteiger partial charge >= 0.3 is 0 Å². The Bertz CT molecular complexity index is 1250. The summed E-state index contributed by atoms with van der Waals surface area (Å²) in [5.41, 5.74) is 0.244. The molecule has 0 bridgehead atoms. The lowest BCUT2D eigenvalue weighted by Gasteiger charge is -2.18. The third-order valence-electron chi connectivity index (χ3n) is 4.82. The van der Waals surface area contributed by atoms with Crippen molar-refractivity contribution in [2.24, 2.45) is 0 Å². The smallest absolute Gasteiger partial charge is 0.294 e. The van der Waals surface area contributed by atoms with E-state index in [4.69, 9.17) is 9.47 Å². The van der Waals surface area contributed by atoms with Gasteiger partial charge in [0, 0.05) is 31.4 Å². The Labute approximate surface area is 176 Å². The molecule has 1 aliphatic heterocycles. The van der Waals surface area contributed by atoms with Crippen LogP contribution in [0.1, 0.15) is 21.7 Å². The van der Waals surface area contributed by atoms with Gasteiger partial charge in [0.05, 0.1) is 4.92 Å². The van der Waals surface area contributed by atoms with Gasteiger partial charge in [0.2, 0.25) is 12.2 Å². The van der Waals surface area contributed by atoms with Crippen molar-refractivity contribution in [3.63, 3.8) is 0 Å². The van der Waals surface area contributed by atoms with Crippen LogP contribution < -0.4 is 14.9 Å². The normalized spacial score (nSPS) is 11.9. The lowest BCUT2D eigenvalue weighted by atomic mass is 10.2. The van der Waals surface area contributed by atoms with Crippen LogP contribution in [0.5, 0.6) is 11.5 Å². The molecule has 2 heterocycles. The number of hydrogen-bond donors (Lipinski definition) is 0. The maximum absolute atomic E-state index is 13.0. The van der Waals surface area contributed by atoms with Gasteiger partial charge < -0.3 is 14.4 Å². The third-order valence-corrected chi connectivity index (χ3v) is 4.82. The predicted molar refractivity (Wildman–Crippen MR) is 110 cm³/mol. The van der Waals surface area contributed by atoms with Crippen LogP contribution in [0.3, 0.4) is 0 Å². The van der Waals surface area contributed by atoms with Gasteiger partial charge in [-0.15, -0.1) is 0 Å². The van der Waals surface area contributed by atoms with E-state index >= 15 is 0 Å². The standard InChI is InChI=1S/C21H18N4O6/c1-13-9-17(26)20(22-24(13)15-5-3-4-6-16(15)25(28)29)21(27)23(2)11-14-7-8-18-19(10-14)31-12-30-18/h3-10H,11-12H2,1-2H3. The Kier molecular flexibility index (Phi) is 5.12. The van der Waals surface area contributed by atoms with Gasteiger partial charge in [0.25, 0.3) is 11.6 Å². The molecule has 0 aliphatic carbocycles. The first-order valence-corrected chi connectivity index (χ1v) is 9.34. The van der Waals surface area contributed by atoms with Gasteiger partial charge in [0.1, 0.15) is 5.69 Å². The molecule has 0 radical (unpaired) electrons. The molecule has 1 amide bonds. The second kappa shape index (κ2) is 7.90. The molecule has 0 N–H and O–H groups in total. The lowest BCUT2D eigenvalue weighted by Crippen LogP contribution is -2.33. The number of aromatic nitrogens is 2. The molecule has 1 aromatic heterocycles. The minimum atomic E-state index is -0.602. The zero-order chi connectivity index (χ0) is 22.1. The molecule has 158 valence electrons. The number of rotatable bonds is 5. The molecule has 0 saturated carbocycles. The van der Waals surface area contributed by atoms with Crippen molar-refractivity contribution in [1.82, 2.24) is 14.7 Å². The van der Waals surface area contributed by atoms with Crippen molar-refractivity contribution in [2.45, 2.75) is 13.5 Å². The molecule has 0 unspecified atom stereocenters. The summed E-state index contributed by atoms with van der Waals surface area (Å²) in [4.78, 5) is 37.7. The number of carbonyl (C=O) groups excluding carboxylic acids is 1. The van der Waals surface area contributed by atoms with E-state index in [2.05, 4.69) is 5.10 Å². The first-order chi connectivity index (χ1) is 14.8. The Hall–Kier alpha value is -4.21. The minimum absolute atomic E-state index is 0.145. The molecule has 2 aromatic carbocycles. The number of nitro benzene ring substituents is 1. The number of nitrogens with zero attached hydrogens (tertiary/aromatic N) is 4. The predicted octanol–water partition coefficient (Wildman–Crippen LogP) is 2.45. The molecule has 0 spiro atoms. The quantitative estimate of drug-likeness (QED) is 0.458. The number of nitro groups is 1. The van der Waals surface area contributed by atoms with Crippen LogP contribution >= 0.6 is 0 Å². The van der Waals surface area contributed by atoms with Gasteiger partial charge in [-0.25, -0.2) is 4.68 Å². The Morgan fingerprint density at radius 1 is 1.19 bits per heavy atom. The van der Waals surface area contributed by atoms with Crippen LogP contribution in [-0.2, 0) is 6.54 Å². The highest BCUT2D eigenvalue weighted by Crippen LogP contribution is 2.32. The second-order valence-corrected chi connectivity index (χ2v) is 7.01. The fourth-order valence-electron chi connectivity index (χ4n) is 3.30. The molecule has 1 aliphatic rings. The van der Waals surface area contributed by atoms with Gasteiger partial charge in [-0.3, -0.25) is 19.7 Å². The van der Waals surface area contributed by atoms with Crippen LogP contribution in [0.4, 0.5) is 5.69 Å². The maximum atomic E-state index is 13.0. The second-order valence-electron chi connectivity index (χ2n) is 7.01. The zero-order valence-corrected chi connectivity index (χ0v) is 16.8. The van der Waals surface area contributed by atoms with Crippen molar-refractivity contribution in [1.29, 1.82) is 0 Å². The third kappa shape index (κ3) is 3.82. The summed E-state index contributed by atoms with van der Waals surface area (Å²) in [7, 11) is 1.54. The van der Waals surface area contributed by atoms with Crippen molar-refractivity contribution in [2.75, 3.05) is 13.8 Å². The summed E-state index contributed by atoms with van der Waals surface area (Å²) in [6, 6.07) is 12.5. The van der Waals surface area contributed by atoms with Crippen molar-refractivity contribution < 1.29 is 19.2 Å². The van der Waals surface area contributed by atoms with Crippen LogP contribution in [0.15, 0.2) is 53.3 Å². The molecular weight excluding hydrogens is 404 g/mol. The van der Waals surface area contributed by atoms with E-state index in [-0.39, 0.29) is 30.4 Å². The number of benzene rings is 2. The first kappa shape index (κ1) is 20.1. The summed E-state index contributed by atoms with van der Waals surface area (Å²) in [6.45, 7) is 1.94. The summed E-state index contributed by atoms with van der Waals surface area (Å²) in [5.74, 6) is 0.617. The van der Waals surface area contributed by atoms with E-state index < -0.39 is 16.3 Å². The largest absolute Gasteiger partial charge is 0.454 e. The van der Waals surface area contributed by atoms with Crippen LogP contribution in [0, 0.1) is 17.0 Å². The molecule has 0 atom stereocenters. The fraction of sp³-hybridized carbons (Fsp3) is 0.190. The summed E-state index contributed by atoms with van der Waals surface area (Å²) < 4.78 is 11.9. The highest BCUT2D eigenvalue weighted by molar-refractivity contribution is 5.91. The highest BCUT2D eigenvalue weighted by Gasteiger charge is 2.23. The van der Waals surface area contributed by atoms with E-state index in [1.54, 1.807) is 38.2 Å². The topological polar surface area (TPSA) is 117 Å². The molecule has 10 heteroatoms. The molecule has 0 fully saturated rings. The number of ether oxygens (including phenoxy) is 2. The Morgan fingerprint density at radius 3 is 2.71 bits per heavy atom. The van der Waals surface area contributed by atoms with Crippen molar-refractivity contribution in [3.05, 3.63) is 85.8 Å². The van der Waals surface area contributed by atoms with Crippen LogP contribution in [0.2, 0.25) is 0 Å². The lowest BCUT2D eigenvalue weighted by molar-refractivity contribution is -0.384.